The molecule has 1 aromatic heterocycles. The summed E-state index contributed by atoms with van der Waals surface area (Å²) in [6.45, 7) is 2.28. The van der Waals surface area contributed by atoms with E-state index in [1.54, 1.807) is 6.07 Å². The number of aromatic nitrogens is 1. The molecule has 0 aliphatic carbocycles. The van der Waals surface area contributed by atoms with Crippen molar-refractivity contribution in [2.45, 2.75) is 30.8 Å². The summed E-state index contributed by atoms with van der Waals surface area (Å²) in [6.07, 6.45) is 3.72. The highest BCUT2D eigenvalue weighted by molar-refractivity contribution is 7.90. The minimum Gasteiger partial charge on any atom is -0.391 e. The molecule has 5 nitrogen and oxygen atoms in total. The zero-order valence-electron chi connectivity index (χ0n) is 10.0. The van der Waals surface area contributed by atoms with E-state index in [1.165, 1.54) is 12.3 Å². The number of nitrogens with one attached hydrogen (secondary N) is 1. The number of pyridine rings is 1. The Morgan fingerprint density at radius 1 is 1.53 bits per heavy atom. The van der Waals surface area contributed by atoms with Crippen LogP contribution in [0.2, 0.25) is 0 Å². The molecule has 0 aromatic carbocycles. The van der Waals surface area contributed by atoms with Crippen molar-refractivity contribution in [2.24, 2.45) is 0 Å². The summed E-state index contributed by atoms with van der Waals surface area (Å²) in [6, 6.07) is 3.07. The quantitative estimate of drug-likeness (QED) is 0.797. The number of anilines is 1. The Kier molecular flexibility index (Phi) is 4.89. The van der Waals surface area contributed by atoms with Crippen molar-refractivity contribution in [1.29, 1.82) is 0 Å². The van der Waals surface area contributed by atoms with Crippen molar-refractivity contribution in [2.75, 3.05) is 18.1 Å². The van der Waals surface area contributed by atoms with E-state index in [4.69, 9.17) is 0 Å². The van der Waals surface area contributed by atoms with Crippen LogP contribution in [0.1, 0.15) is 19.8 Å². The van der Waals surface area contributed by atoms with Gasteiger partial charge in [0.1, 0.15) is 10.7 Å². The van der Waals surface area contributed by atoms with E-state index < -0.39 is 15.9 Å². The van der Waals surface area contributed by atoms with Crippen LogP contribution in [-0.4, -0.2) is 37.4 Å². The Labute approximate surface area is 102 Å². The topological polar surface area (TPSA) is 79.3 Å². The highest BCUT2D eigenvalue weighted by Gasteiger charge is 2.14. The van der Waals surface area contributed by atoms with E-state index in [1.807, 2.05) is 6.92 Å². The minimum absolute atomic E-state index is 0.156. The Balaban J connectivity index is 2.78. The first-order valence-electron chi connectivity index (χ1n) is 5.52. The SMILES string of the molecule is CCCC(O)CNc1ncccc1S(C)(=O)=O. The van der Waals surface area contributed by atoms with E-state index in [2.05, 4.69) is 10.3 Å². The molecule has 1 rings (SSSR count). The molecule has 0 aliphatic heterocycles. The van der Waals surface area contributed by atoms with Gasteiger partial charge in [0, 0.05) is 19.0 Å². The van der Waals surface area contributed by atoms with Crippen molar-refractivity contribution in [1.82, 2.24) is 4.98 Å². The van der Waals surface area contributed by atoms with Crippen LogP contribution < -0.4 is 5.32 Å². The fraction of sp³-hybridized carbons (Fsp3) is 0.545. The van der Waals surface area contributed by atoms with Gasteiger partial charge in [0.2, 0.25) is 0 Å². The van der Waals surface area contributed by atoms with Gasteiger partial charge >= 0.3 is 0 Å². The molecule has 2 N–H and O–H groups in total. The van der Waals surface area contributed by atoms with Gasteiger partial charge in [-0.2, -0.15) is 0 Å². The van der Waals surface area contributed by atoms with Gasteiger partial charge < -0.3 is 10.4 Å². The molecule has 6 heteroatoms. The Hall–Kier alpha value is -1.14. The zero-order chi connectivity index (χ0) is 12.9. The van der Waals surface area contributed by atoms with Gasteiger partial charge in [0.15, 0.2) is 9.84 Å². The third kappa shape index (κ3) is 4.32. The van der Waals surface area contributed by atoms with Crippen LogP contribution in [0.4, 0.5) is 5.82 Å². The first kappa shape index (κ1) is 13.9. The van der Waals surface area contributed by atoms with Crippen molar-refractivity contribution < 1.29 is 13.5 Å². The van der Waals surface area contributed by atoms with Crippen LogP contribution in [0.25, 0.3) is 0 Å². The lowest BCUT2D eigenvalue weighted by molar-refractivity contribution is 0.176. The normalized spacial score (nSPS) is 13.4. The molecule has 0 fully saturated rings. The molecule has 0 aliphatic rings. The van der Waals surface area contributed by atoms with Gasteiger partial charge in [-0.3, -0.25) is 0 Å². The third-order valence-electron chi connectivity index (χ3n) is 2.30. The molecule has 0 saturated heterocycles. The molecule has 1 aromatic rings. The maximum Gasteiger partial charge on any atom is 0.179 e. The molecule has 1 unspecified atom stereocenters. The second kappa shape index (κ2) is 5.97. The Morgan fingerprint density at radius 2 is 2.24 bits per heavy atom. The Bertz CT molecular complexity index is 460. The molecule has 1 heterocycles. The molecular formula is C11H18N2O3S. The van der Waals surface area contributed by atoms with E-state index in [-0.39, 0.29) is 4.90 Å². The van der Waals surface area contributed by atoms with Gasteiger partial charge in [-0.1, -0.05) is 13.3 Å². The number of hydrogen-bond donors (Lipinski definition) is 2. The van der Waals surface area contributed by atoms with E-state index >= 15 is 0 Å². The predicted octanol–water partition coefficient (Wildman–Crippen LogP) is 1.06. The van der Waals surface area contributed by atoms with Crippen LogP contribution >= 0.6 is 0 Å². The van der Waals surface area contributed by atoms with Crippen LogP contribution in [0.15, 0.2) is 23.2 Å². The monoisotopic (exact) mass is 258 g/mol. The molecule has 0 saturated carbocycles. The molecule has 96 valence electrons. The lowest BCUT2D eigenvalue weighted by Gasteiger charge is -2.13. The van der Waals surface area contributed by atoms with E-state index in [0.29, 0.717) is 18.8 Å². The fourth-order valence-electron chi connectivity index (χ4n) is 1.47. The summed E-state index contributed by atoms with van der Waals surface area (Å²) < 4.78 is 23.0. The fourth-order valence-corrected chi connectivity index (χ4v) is 2.27. The first-order valence-corrected chi connectivity index (χ1v) is 7.41. The number of aliphatic hydroxyl groups excluding tert-OH is 1. The second-order valence-electron chi connectivity index (χ2n) is 3.95. The maximum absolute atomic E-state index is 11.5. The van der Waals surface area contributed by atoms with Crippen LogP contribution in [0.5, 0.6) is 0 Å². The molecule has 0 bridgehead atoms. The molecule has 0 radical (unpaired) electrons. The van der Waals surface area contributed by atoms with Crippen LogP contribution in [0, 0.1) is 0 Å². The largest absolute Gasteiger partial charge is 0.391 e. The predicted molar refractivity (Wildman–Crippen MR) is 66.8 cm³/mol. The maximum atomic E-state index is 11.5. The van der Waals surface area contributed by atoms with E-state index in [0.717, 1.165) is 12.7 Å². The first-order chi connectivity index (χ1) is 7.95. The number of sulfone groups is 1. The van der Waals surface area contributed by atoms with Crippen molar-refractivity contribution in [3.8, 4) is 0 Å². The average Bonchev–Trinajstić information content (AvgIpc) is 2.26. The summed E-state index contributed by atoms with van der Waals surface area (Å²) in [4.78, 5) is 4.13. The lowest BCUT2D eigenvalue weighted by Crippen LogP contribution is -2.20. The summed E-state index contributed by atoms with van der Waals surface area (Å²) in [7, 11) is -3.30. The smallest absolute Gasteiger partial charge is 0.179 e. The summed E-state index contributed by atoms with van der Waals surface area (Å²) >= 11 is 0. The van der Waals surface area contributed by atoms with E-state index in [9.17, 15) is 13.5 Å². The standard InChI is InChI=1S/C11H18N2O3S/c1-3-5-9(14)8-13-11-10(17(2,15)16)6-4-7-12-11/h4,6-7,9,14H,3,5,8H2,1-2H3,(H,12,13). The molecular weight excluding hydrogens is 240 g/mol. The lowest BCUT2D eigenvalue weighted by atomic mass is 10.2. The summed E-state index contributed by atoms with van der Waals surface area (Å²) in [5.41, 5.74) is 0. The number of rotatable bonds is 6. The van der Waals surface area contributed by atoms with Gasteiger partial charge in [-0.15, -0.1) is 0 Å². The average molecular weight is 258 g/mol. The van der Waals surface area contributed by atoms with Gasteiger partial charge in [0.25, 0.3) is 0 Å². The van der Waals surface area contributed by atoms with Gasteiger partial charge in [0.05, 0.1) is 6.10 Å². The number of nitrogens with zero attached hydrogens (tertiary/aromatic N) is 1. The van der Waals surface area contributed by atoms with Crippen LogP contribution in [0.3, 0.4) is 0 Å². The number of hydrogen-bond acceptors (Lipinski definition) is 5. The van der Waals surface area contributed by atoms with Crippen molar-refractivity contribution in [3.63, 3.8) is 0 Å². The highest BCUT2D eigenvalue weighted by Crippen LogP contribution is 2.17. The molecule has 0 amide bonds. The van der Waals surface area contributed by atoms with Gasteiger partial charge in [-0.25, -0.2) is 13.4 Å². The summed E-state index contributed by atoms with van der Waals surface area (Å²) in [5, 5.41) is 12.4. The highest BCUT2D eigenvalue weighted by atomic mass is 32.2. The molecule has 17 heavy (non-hydrogen) atoms. The summed E-state index contributed by atoms with van der Waals surface area (Å²) in [5.74, 6) is 0.296. The third-order valence-corrected chi connectivity index (χ3v) is 3.43. The molecule has 0 spiro atoms. The minimum atomic E-state index is -3.30. The zero-order valence-corrected chi connectivity index (χ0v) is 10.9. The van der Waals surface area contributed by atoms with Crippen LogP contribution in [-0.2, 0) is 9.84 Å². The number of aliphatic hydroxyl groups is 1. The van der Waals surface area contributed by atoms with Gasteiger partial charge in [-0.05, 0) is 18.6 Å². The second-order valence-corrected chi connectivity index (χ2v) is 5.93. The van der Waals surface area contributed by atoms with Crippen molar-refractivity contribution in [3.05, 3.63) is 18.3 Å². The molecule has 1 atom stereocenters. The Morgan fingerprint density at radius 3 is 2.82 bits per heavy atom. The van der Waals surface area contributed by atoms with Crippen molar-refractivity contribution >= 4 is 15.7 Å².